The molecule has 0 radical (unpaired) electrons. The van der Waals surface area contributed by atoms with Gasteiger partial charge in [0.15, 0.2) is 0 Å². The number of likely N-dealkylation sites (tertiary alicyclic amines) is 1. The number of benzene rings is 1. The molecule has 4 nitrogen and oxygen atoms in total. The van der Waals surface area contributed by atoms with Crippen LogP contribution in [-0.4, -0.2) is 43.0 Å². The summed E-state index contributed by atoms with van der Waals surface area (Å²) in [6.45, 7) is 4.66. The number of likely N-dealkylation sites (N-methyl/N-ethyl adjacent to an activating group) is 1. The fraction of sp³-hybridized carbons (Fsp3) is 0.588. The Kier molecular flexibility index (Phi) is 5.37. The molecule has 0 saturated carbocycles. The molecule has 1 heterocycles. The van der Waals surface area contributed by atoms with E-state index in [0.717, 1.165) is 25.4 Å². The first-order chi connectivity index (χ1) is 10.0. The van der Waals surface area contributed by atoms with E-state index in [-0.39, 0.29) is 5.91 Å². The van der Waals surface area contributed by atoms with Crippen LogP contribution in [0.2, 0.25) is 0 Å². The van der Waals surface area contributed by atoms with E-state index < -0.39 is 5.54 Å². The molecule has 0 aromatic heterocycles. The molecular weight excluding hydrogens is 262 g/mol. The van der Waals surface area contributed by atoms with Crippen LogP contribution in [0.25, 0.3) is 0 Å². The topological polar surface area (TPSA) is 58.4 Å². The number of carbonyl (C=O) groups is 1. The van der Waals surface area contributed by atoms with E-state index in [1.54, 1.807) is 7.05 Å². The Bertz CT molecular complexity index is 454. The second-order valence-corrected chi connectivity index (χ2v) is 6.36. The highest BCUT2D eigenvalue weighted by molar-refractivity contribution is 5.84. The van der Waals surface area contributed by atoms with Crippen LogP contribution < -0.4 is 11.1 Å². The predicted molar refractivity (Wildman–Crippen MR) is 86.0 cm³/mol. The number of rotatable bonds is 6. The molecule has 0 aliphatic carbocycles. The largest absolute Gasteiger partial charge is 0.368 e. The van der Waals surface area contributed by atoms with Crippen molar-refractivity contribution in [2.45, 2.75) is 31.7 Å². The SMILES string of the molecule is CNC(C)(CN1CCC(Cc2ccccc2)CC1)C(N)=O. The zero-order valence-corrected chi connectivity index (χ0v) is 13.1. The van der Waals surface area contributed by atoms with Gasteiger partial charge in [0.1, 0.15) is 5.54 Å². The fourth-order valence-corrected chi connectivity index (χ4v) is 3.02. The normalized spacial score (nSPS) is 20.1. The number of nitrogens with two attached hydrogens (primary N) is 1. The number of piperidine rings is 1. The summed E-state index contributed by atoms with van der Waals surface area (Å²) in [5.74, 6) is 0.467. The highest BCUT2D eigenvalue weighted by Crippen LogP contribution is 2.22. The van der Waals surface area contributed by atoms with Crippen molar-refractivity contribution < 1.29 is 4.79 Å². The number of hydrogen-bond donors (Lipinski definition) is 2. The van der Waals surface area contributed by atoms with E-state index in [4.69, 9.17) is 5.73 Å². The van der Waals surface area contributed by atoms with Crippen LogP contribution in [-0.2, 0) is 11.2 Å². The maximum Gasteiger partial charge on any atom is 0.238 e. The van der Waals surface area contributed by atoms with E-state index in [9.17, 15) is 4.79 Å². The van der Waals surface area contributed by atoms with Crippen molar-refractivity contribution in [2.24, 2.45) is 11.7 Å². The zero-order chi connectivity index (χ0) is 15.3. The monoisotopic (exact) mass is 289 g/mol. The number of hydrogen-bond acceptors (Lipinski definition) is 3. The Morgan fingerprint density at radius 1 is 1.33 bits per heavy atom. The summed E-state index contributed by atoms with van der Waals surface area (Å²) >= 11 is 0. The first-order valence-corrected chi connectivity index (χ1v) is 7.78. The molecule has 2 rings (SSSR count). The Hall–Kier alpha value is -1.39. The van der Waals surface area contributed by atoms with Crippen LogP contribution in [0.5, 0.6) is 0 Å². The molecule has 1 atom stereocenters. The molecule has 3 N–H and O–H groups in total. The number of amides is 1. The number of primary amides is 1. The van der Waals surface area contributed by atoms with Crippen molar-refractivity contribution >= 4 is 5.91 Å². The summed E-state index contributed by atoms with van der Waals surface area (Å²) < 4.78 is 0. The second kappa shape index (κ2) is 7.05. The van der Waals surface area contributed by atoms with E-state index in [2.05, 4.69) is 40.5 Å². The van der Waals surface area contributed by atoms with Gasteiger partial charge in [-0.3, -0.25) is 4.79 Å². The molecule has 1 aromatic rings. The Morgan fingerprint density at radius 3 is 2.48 bits per heavy atom. The van der Waals surface area contributed by atoms with Gasteiger partial charge in [-0.1, -0.05) is 30.3 Å². The summed E-state index contributed by atoms with van der Waals surface area (Å²) in [5.41, 5.74) is 6.29. The third-order valence-corrected chi connectivity index (χ3v) is 4.71. The molecule has 1 saturated heterocycles. The minimum absolute atomic E-state index is 0.281. The molecule has 1 amide bonds. The van der Waals surface area contributed by atoms with Gasteiger partial charge in [0, 0.05) is 6.54 Å². The van der Waals surface area contributed by atoms with Crippen molar-refractivity contribution in [1.29, 1.82) is 0 Å². The van der Waals surface area contributed by atoms with Crippen LogP contribution in [0, 0.1) is 5.92 Å². The average Bonchev–Trinajstić information content (AvgIpc) is 2.50. The molecule has 21 heavy (non-hydrogen) atoms. The van der Waals surface area contributed by atoms with Gasteiger partial charge in [-0.25, -0.2) is 0 Å². The van der Waals surface area contributed by atoms with E-state index in [0.29, 0.717) is 6.54 Å². The third-order valence-electron chi connectivity index (χ3n) is 4.71. The summed E-state index contributed by atoms with van der Waals surface area (Å²) in [7, 11) is 1.80. The summed E-state index contributed by atoms with van der Waals surface area (Å²) in [6, 6.07) is 10.7. The van der Waals surface area contributed by atoms with E-state index >= 15 is 0 Å². The maximum atomic E-state index is 11.6. The minimum Gasteiger partial charge on any atom is -0.368 e. The molecule has 1 aliphatic heterocycles. The molecule has 0 spiro atoms. The highest BCUT2D eigenvalue weighted by Gasteiger charge is 2.32. The van der Waals surface area contributed by atoms with E-state index in [1.807, 2.05) is 6.92 Å². The summed E-state index contributed by atoms with van der Waals surface area (Å²) in [4.78, 5) is 13.9. The van der Waals surface area contributed by atoms with Crippen molar-refractivity contribution in [2.75, 3.05) is 26.7 Å². The van der Waals surface area contributed by atoms with Crippen LogP contribution in [0.4, 0.5) is 0 Å². The van der Waals surface area contributed by atoms with Crippen molar-refractivity contribution in [3.05, 3.63) is 35.9 Å². The van der Waals surface area contributed by atoms with Gasteiger partial charge in [-0.15, -0.1) is 0 Å². The van der Waals surface area contributed by atoms with Crippen LogP contribution in [0.15, 0.2) is 30.3 Å². The second-order valence-electron chi connectivity index (χ2n) is 6.36. The first-order valence-electron chi connectivity index (χ1n) is 7.78. The lowest BCUT2D eigenvalue weighted by molar-refractivity contribution is -0.124. The minimum atomic E-state index is -0.633. The zero-order valence-electron chi connectivity index (χ0n) is 13.1. The molecule has 1 aliphatic rings. The maximum absolute atomic E-state index is 11.6. The first kappa shape index (κ1) is 16.0. The fourth-order valence-electron chi connectivity index (χ4n) is 3.02. The molecular formula is C17H27N3O. The average molecular weight is 289 g/mol. The molecule has 1 unspecified atom stereocenters. The lowest BCUT2D eigenvalue weighted by Gasteiger charge is -2.37. The van der Waals surface area contributed by atoms with E-state index in [1.165, 1.54) is 18.4 Å². The number of nitrogens with one attached hydrogen (secondary N) is 1. The van der Waals surface area contributed by atoms with Crippen molar-refractivity contribution in [3.8, 4) is 0 Å². The Morgan fingerprint density at radius 2 is 1.95 bits per heavy atom. The number of carbonyl (C=O) groups excluding carboxylic acids is 1. The molecule has 0 bridgehead atoms. The van der Waals surface area contributed by atoms with Crippen molar-refractivity contribution in [1.82, 2.24) is 10.2 Å². The summed E-state index contributed by atoms with van der Waals surface area (Å²) in [5, 5.41) is 3.06. The Balaban J connectivity index is 1.82. The molecule has 1 fully saturated rings. The quantitative estimate of drug-likeness (QED) is 0.832. The van der Waals surface area contributed by atoms with Gasteiger partial charge in [0.2, 0.25) is 5.91 Å². The third kappa shape index (κ3) is 4.29. The highest BCUT2D eigenvalue weighted by atomic mass is 16.1. The molecule has 116 valence electrons. The van der Waals surface area contributed by atoms with Crippen LogP contribution >= 0.6 is 0 Å². The van der Waals surface area contributed by atoms with Crippen molar-refractivity contribution in [3.63, 3.8) is 0 Å². The molecule has 1 aromatic carbocycles. The van der Waals surface area contributed by atoms with Crippen LogP contribution in [0.1, 0.15) is 25.3 Å². The molecule has 4 heteroatoms. The van der Waals surface area contributed by atoms with Gasteiger partial charge in [-0.2, -0.15) is 0 Å². The summed E-state index contributed by atoms with van der Waals surface area (Å²) in [6.07, 6.45) is 3.54. The van der Waals surface area contributed by atoms with Gasteiger partial charge in [0.05, 0.1) is 0 Å². The standard InChI is InChI=1S/C17H27N3O/c1-17(19-2,16(18)21)13-20-10-8-15(9-11-20)12-14-6-4-3-5-7-14/h3-7,15,19H,8-13H2,1-2H3,(H2,18,21). The van der Waals surface area contributed by atoms with Crippen LogP contribution in [0.3, 0.4) is 0 Å². The number of nitrogens with zero attached hydrogens (tertiary/aromatic N) is 1. The van der Waals surface area contributed by atoms with Gasteiger partial charge in [-0.05, 0) is 57.8 Å². The van der Waals surface area contributed by atoms with Gasteiger partial charge in [0.25, 0.3) is 0 Å². The lowest BCUT2D eigenvalue weighted by Crippen LogP contribution is -2.59. The van der Waals surface area contributed by atoms with Gasteiger partial charge < -0.3 is 16.0 Å². The lowest BCUT2D eigenvalue weighted by atomic mass is 9.89. The van der Waals surface area contributed by atoms with Gasteiger partial charge >= 0.3 is 0 Å². The predicted octanol–water partition coefficient (Wildman–Crippen LogP) is 1.40. The smallest absolute Gasteiger partial charge is 0.238 e. The Labute approximate surface area is 127 Å².